The third-order valence-corrected chi connectivity index (χ3v) is 3.85. The van der Waals surface area contributed by atoms with E-state index in [0.717, 1.165) is 10.7 Å². The quantitative estimate of drug-likeness (QED) is 0.894. The normalized spacial score (nSPS) is 16.7. The van der Waals surface area contributed by atoms with Crippen molar-refractivity contribution in [2.45, 2.75) is 25.9 Å². The van der Waals surface area contributed by atoms with Gasteiger partial charge < -0.3 is 5.11 Å². The standard InChI is InChI=1S/C9H11BrF2OS/c1-5(9(2,11)12)8(13)6-3-4-7(10)14-6/h3-5,8,13H,1-2H3. The van der Waals surface area contributed by atoms with E-state index >= 15 is 0 Å². The van der Waals surface area contributed by atoms with Gasteiger partial charge in [-0.3, -0.25) is 0 Å². The van der Waals surface area contributed by atoms with Crippen LogP contribution in [0.25, 0.3) is 0 Å². The van der Waals surface area contributed by atoms with Crippen molar-refractivity contribution in [2.75, 3.05) is 0 Å². The van der Waals surface area contributed by atoms with E-state index in [0.29, 0.717) is 4.88 Å². The second-order valence-electron chi connectivity index (χ2n) is 3.33. The minimum atomic E-state index is -2.87. The van der Waals surface area contributed by atoms with Gasteiger partial charge in [-0.2, -0.15) is 0 Å². The Balaban J connectivity index is 2.80. The highest BCUT2D eigenvalue weighted by Gasteiger charge is 2.36. The Bertz CT molecular complexity index is 308. The van der Waals surface area contributed by atoms with Gasteiger partial charge in [0, 0.05) is 4.88 Å². The minimum absolute atomic E-state index is 0.561. The van der Waals surface area contributed by atoms with Gasteiger partial charge in [0.25, 0.3) is 5.92 Å². The average Bonchev–Trinajstić information content (AvgIpc) is 2.47. The molecule has 0 amide bonds. The van der Waals surface area contributed by atoms with Gasteiger partial charge in [-0.15, -0.1) is 11.3 Å². The zero-order valence-corrected chi connectivity index (χ0v) is 10.2. The van der Waals surface area contributed by atoms with Crippen LogP contribution in [0.3, 0.4) is 0 Å². The summed E-state index contributed by atoms with van der Waals surface area (Å²) in [7, 11) is 0. The first-order valence-corrected chi connectivity index (χ1v) is 5.74. The van der Waals surface area contributed by atoms with Crippen molar-refractivity contribution in [1.82, 2.24) is 0 Å². The molecule has 5 heteroatoms. The molecule has 0 bridgehead atoms. The molecule has 0 spiro atoms. The lowest BCUT2D eigenvalue weighted by Crippen LogP contribution is -2.27. The van der Waals surface area contributed by atoms with E-state index in [1.807, 2.05) is 0 Å². The van der Waals surface area contributed by atoms with Gasteiger partial charge in [-0.25, -0.2) is 8.78 Å². The predicted molar refractivity (Wildman–Crippen MR) is 56.8 cm³/mol. The van der Waals surface area contributed by atoms with Crippen molar-refractivity contribution in [2.24, 2.45) is 5.92 Å². The summed E-state index contributed by atoms with van der Waals surface area (Å²) in [6, 6.07) is 3.39. The van der Waals surface area contributed by atoms with Crippen molar-refractivity contribution < 1.29 is 13.9 Å². The molecule has 2 atom stereocenters. The number of thiophene rings is 1. The van der Waals surface area contributed by atoms with Crippen LogP contribution in [0, 0.1) is 5.92 Å². The van der Waals surface area contributed by atoms with Crippen molar-refractivity contribution in [3.8, 4) is 0 Å². The molecule has 80 valence electrons. The monoisotopic (exact) mass is 284 g/mol. The zero-order valence-electron chi connectivity index (χ0n) is 7.80. The second kappa shape index (κ2) is 4.24. The summed E-state index contributed by atoms with van der Waals surface area (Å²) < 4.78 is 26.6. The van der Waals surface area contributed by atoms with Crippen LogP contribution >= 0.6 is 27.3 Å². The van der Waals surface area contributed by atoms with E-state index in [4.69, 9.17) is 0 Å². The first kappa shape index (κ1) is 12.1. The molecule has 2 unspecified atom stereocenters. The lowest BCUT2D eigenvalue weighted by molar-refractivity contribution is -0.0816. The van der Waals surface area contributed by atoms with Gasteiger partial charge in [0.15, 0.2) is 0 Å². The maximum Gasteiger partial charge on any atom is 0.250 e. The highest BCUT2D eigenvalue weighted by Crippen LogP contribution is 2.37. The smallest absolute Gasteiger partial charge is 0.250 e. The molecule has 1 rings (SSSR count). The van der Waals surface area contributed by atoms with Crippen LogP contribution in [0.5, 0.6) is 0 Å². The third-order valence-electron chi connectivity index (χ3n) is 2.16. The molecule has 0 saturated carbocycles. The van der Waals surface area contributed by atoms with E-state index in [9.17, 15) is 13.9 Å². The summed E-state index contributed by atoms with van der Waals surface area (Å²) in [6.45, 7) is 2.17. The predicted octanol–water partition coefficient (Wildman–Crippen LogP) is 3.84. The second-order valence-corrected chi connectivity index (χ2v) is 5.83. The minimum Gasteiger partial charge on any atom is -0.387 e. The first-order chi connectivity index (χ1) is 6.32. The van der Waals surface area contributed by atoms with Gasteiger partial charge in [0.1, 0.15) is 0 Å². The van der Waals surface area contributed by atoms with Crippen LogP contribution < -0.4 is 0 Å². The lowest BCUT2D eigenvalue weighted by atomic mass is 9.97. The van der Waals surface area contributed by atoms with Crippen LogP contribution in [0.4, 0.5) is 8.78 Å². The molecule has 1 aromatic rings. The lowest BCUT2D eigenvalue weighted by Gasteiger charge is -2.23. The van der Waals surface area contributed by atoms with E-state index < -0.39 is 17.9 Å². The first-order valence-electron chi connectivity index (χ1n) is 4.13. The van der Waals surface area contributed by atoms with Crippen LogP contribution in [0.2, 0.25) is 0 Å². The number of halogens is 3. The molecule has 0 radical (unpaired) electrons. The topological polar surface area (TPSA) is 20.2 Å². The third kappa shape index (κ3) is 2.74. The number of alkyl halides is 2. The molecule has 14 heavy (non-hydrogen) atoms. The average molecular weight is 285 g/mol. The zero-order chi connectivity index (χ0) is 10.9. The molecule has 1 heterocycles. The van der Waals surface area contributed by atoms with Crippen LogP contribution in [-0.4, -0.2) is 11.0 Å². The number of rotatable bonds is 3. The molecule has 1 nitrogen and oxygen atoms in total. The Morgan fingerprint density at radius 1 is 1.50 bits per heavy atom. The summed E-state index contributed by atoms with van der Waals surface area (Å²) in [6.07, 6.45) is -1.11. The molecule has 0 aliphatic rings. The summed E-state index contributed by atoms with van der Waals surface area (Å²) >= 11 is 4.49. The Morgan fingerprint density at radius 3 is 2.43 bits per heavy atom. The summed E-state index contributed by atoms with van der Waals surface area (Å²) in [5.74, 6) is -3.94. The molecule has 1 aromatic heterocycles. The maximum atomic E-state index is 12.9. The molecule has 0 saturated heterocycles. The Hall–Kier alpha value is -0.0000000000000000833. The molecular weight excluding hydrogens is 274 g/mol. The summed E-state index contributed by atoms with van der Waals surface area (Å²) in [4.78, 5) is 0.561. The number of hydrogen-bond acceptors (Lipinski definition) is 2. The highest BCUT2D eigenvalue weighted by molar-refractivity contribution is 9.11. The summed E-state index contributed by atoms with van der Waals surface area (Å²) in [5.41, 5.74) is 0. The highest BCUT2D eigenvalue weighted by atomic mass is 79.9. The van der Waals surface area contributed by atoms with Crippen molar-refractivity contribution in [1.29, 1.82) is 0 Å². The molecule has 0 aromatic carbocycles. The van der Waals surface area contributed by atoms with Gasteiger partial charge in [-0.1, -0.05) is 6.92 Å². The van der Waals surface area contributed by atoms with Gasteiger partial charge >= 0.3 is 0 Å². The van der Waals surface area contributed by atoms with Crippen molar-refractivity contribution in [3.63, 3.8) is 0 Å². The molecular formula is C9H11BrF2OS. The van der Waals surface area contributed by atoms with Gasteiger partial charge in [0.2, 0.25) is 0 Å². The Labute approximate surface area is 93.9 Å². The molecule has 1 N–H and O–H groups in total. The van der Waals surface area contributed by atoms with Crippen LogP contribution in [-0.2, 0) is 0 Å². The molecule has 0 aliphatic carbocycles. The Kier molecular flexibility index (Phi) is 3.66. The fourth-order valence-electron chi connectivity index (χ4n) is 1.01. The number of aliphatic hydroxyl groups excluding tert-OH is 1. The number of hydrogen-bond donors (Lipinski definition) is 1. The van der Waals surface area contributed by atoms with E-state index in [1.165, 1.54) is 18.3 Å². The van der Waals surface area contributed by atoms with E-state index in [-0.39, 0.29) is 0 Å². The number of aliphatic hydroxyl groups is 1. The Morgan fingerprint density at radius 2 is 2.07 bits per heavy atom. The molecule has 0 aliphatic heterocycles. The fraction of sp³-hybridized carbons (Fsp3) is 0.556. The van der Waals surface area contributed by atoms with Crippen molar-refractivity contribution >= 4 is 27.3 Å². The largest absolute Gasteiger partial charge is 0.387 e. The van der Waals surface area contributed by atoms with Crippen molar-refractivity contribution in [3.05, 3.63) is 20.8 Å². The SMILES string of the molecule is CC(C(O)c1ccc(Br)s1)C(C)(F)F. The van der Waals surface area contributed by atoms with Crippen LogP contribution in [0.1, 0.15) is 24.8 Å². The van der Waals surface area contributed by atoms with Gasteiger partial charge in [0.05, 0.1) is 15.8 Å². The maximum absolute atomic E-state index is 12.9. The fourth-order valence-corrected chi connectivity index (χ4v) is 2.53. The van der Waals surface area contributed by atoms with E-state index in [1.54, 1.807) is 12.1 Å². The summed E-state index contributed by atoms with van der Waals surface area (Å²) in [5, 5.41) is 9.65. The van der Waals surface area contributed by atoms with Gasteiger partial charge in [-0.05, 0) is 35.0 Å². The molecule has 0 fully saturated rings. The van der Waals surface area contributed by atoms with Crippen LogP contribution in [0.15, 0.2) is 15.9 Å². The van der Waals surface area contributed by atoms with E-state index in [2.05, 4.69) is 15.9 Å².